The van der Waals surface area contributed by atoms with Gasteiger partial charge in [-0.25, -0.2) is 14.4 Å². The lowest BCUT2D eigenvalue weighted by molar-refractivity contribution is -0.130. The van der Waals surface area contributed by atoms with Gasteiger partial charge in [0.05, 0.1) is 12.8 Å². The monoisotopic (exact) mass is 362 g/mol. The molecule has 3 rings (SSSR count). The van der Waals surface area contributed by atoms with Crippen LogP contribution < -0.4 is 10.1 Å². The van der Waals surface area contributed by atoms with Crippen LogP contribution in [0.25, 0.3) is 11.3 Å². The van der Waals surface area contributed by atoms with E-state index < -0.39 is 11.7 Å². The van der Waals surface area contributed by atoms with Crippen LogP contribution >= 0.6 is 11.3 Å². The number of hydrazone groups is 1. The van der Waals surface area contributed by atoms with Gasteiger partial charge in [-0.05, 0) is 18.2 Å². The normalized spacial score (nSPS) is 14.3. The summed E-state index contributed by atoms with van der Waals surface area (Å²) in [7, 11) is 2.90. The van der Waals surface area contributed by atoms with Crippen molar-refractivity contribution in [1.82, 2.24) is 9.99 Å². The van der Waals surface area contributed by atoms with Gasteiger partial charge in [0, 0.05) is 30.8 Å². The predicted octanol–water partition coefficient (Wildman–Crippen LogP) is 2.50. The summed E-state index contributed by atoms with van der Waals surface area (Å²) in [6.45, 7) is 0. The van der Waals surface area contributed by atoms with Gasteiger partial charge in [0.1, 0.15) is 5.71 Å². The van der Waals surface area contributed by atoms with Gasteiger partial charge in [0.2, 0.25) is 5.91 Å². The maximum Gasteiger partial charge on any atom is 0.273 e. The number of amides is 2. The minimum absolute atomic E-state index is 0.130. The van der Waals surface area contributed by atoms with Crippen LogP contribution in [0.2, 0.25) is 0 Å². The van der Waals surface area contributed by atoms with E-state index in [4.69, 9.17) is 4.74 Å². The largest absolute Gasteiger partial charge is 0.494 e. The SMILES string of the molecule is COc1ccc(-c2csc(NC(=O)C3=NN(C)C(=O)CC3)n2)cc1F. The van der Waals surface area contributed by atoms with Crippen molar-refractivity contribution >= 4 is 34.0 Å². The number of carbonyl (C=O) groups is 2. The van der Waals surface area contributed by atoms with Crippen LogP contribution in [0, 0.1) is 5.82 Å². The number of hydrogen-bond donors (Lipinski definition) is 1. The molecule has 1 aliphatic heterocycles. The Kier molecular flexibility index (Phi) is 4.75. The Morgan fingerprint density at radius 3 is 2.88 bits per heavy atom. The number of aromatic nitrogens is 1. The molecule has 0 saturated heterocycles. The molecule has 2 heterocycles. The first-order valence-corrected chi connectivity index (χ1v) is 8.30. The molecule has 7 nitrogen and oxygen atoms in total. The van der Waals surface area contributed by atoms with E-state index in [-0.39, 0.29) is 30.2 Å². The molecule has 25 heavy (non-hydrogen) atoms. The van der Waals surface area contributed by atoms with Gasteiger partial charge in [0.15, 0.2) is 16.7 Å². The van der Waals surface area contributed by atoms with E-state index in [0.717, 1.165) is 5.01 Å². The summed E-state index contributed by atoms with van der Waals surface area (Å²) >= 11 is 1.22. The van der Waals surface area contributed by atoms with E-state index in [2.05, 4.69) is 15.4 Å². The number of ether oxygens (including phenoxy) is 1. The minimum Gasteiger partial charge on any atom is -0.494 e. The van der Waals surface area contributed by atoms with Crippen LogP contribution in [0.3, 0.4) is 0 Å². The second kappa shape index (κ2) is 6.98. The van der Waals surface area contributed by atoms with Crippen LogP contribution in [0.5, 0.6) is 5.75 Å². The summed E-state index contributed by atoms with van der Waals surface area (Å²) in [5.41, 5.74) is 1.39. The Hall–Kier alpha value is -2.81. The number of halogens is 1. The molecule has 1 aliphatic rings. The summed E-state index contributed by atoms with van der Waals surface area (Å²) in [5.74, 6) is -0.861. The summed E-state index contributed by atoms with van der Waals surface area (Å²) in [5, 5.41) is 9.86. The van der Waals surface area contributed by atoms with E-state index in [0.29, 0.717) is 16.4 Å². The van der Waals surface area contributed by atoms with Gasteiger partial charge in [0.25, 0.3) is 5.91 Å². The zero-order valence-electron chi connectivity index (χ0n) is 13.6. The molecule has 1 aromatic heterocycles. The average Bonchev–Trinajstić information content (AvgIpc) is 3.05. The summed E-state index contributed by atoms with van der Waals surface area (Å²) in [6.07, 6.45) is 0.536. The van der Waals surface area contributed by atoms with Crippen molar-refractivity contribution in [2.45, 2.75) is 12.8 Å². The number of methoxy groups -OCH3 is 1. The maximum atomic E-state index is 13.8. The number of nitrogens with one attached hydrogen (secondary N) is 1. The lowest BCUT2D eigenvalue weighted by Crippen LogP contribution is -2.34. The number of hydrogen-bond acceptors (Lipinski definition) is 6. The second-order valence-corrected chi connectivity index (χ2v) is 6.16. The minimum atomic E-state index is -0.483. The Morgan fingerprint density at radius 1 is 1.40 bits per heavy atom. The summed E-state index contributed by atoms with van der Waals surface area (Å²) < 4.78 is 18.7. The molecule has 0 atom stereocenters. The Morgan fingerprint density at radius 2 is 2.20 bits per heavy atom. The van der Waals surface area contributed by atoms with E-state index in [1.54, 1.807) is 11.4 Å². The van der Waals surface area contributed by atoms with Gasteiger partial charge in [-0.3, -0.25) is 14.9 Å². The molecule has 0 aliphatic carbocycles. The fourth-order valence-corrected chi connectivity index (χ4v) is 3.01. The number of anilines is 1. The van der Waals surface area contributed by atoms with Gasteiger partial charge in [-0.1, -0.05) is 0 Å². The molecule has 0 radical (unpaired) electrons. The number of rotatable bonds is 4. The number of nitrogens with zero attached hydrogens (tertiary/aromatic N) is 3. The quantitative estimate of drug-likeness (QED) is 0.906. The smallest absolute Gasteiger partial charge is 0.273 e. The van der Waals surface area contributed by atoms with Crippen molar-refractivity contribution in [2.24, 2.45) is 5.10 Å². The Balaban J connectivity index is 1.74. The number of thiazole rings is 1. The molecule has 0 fully saturated rings. The summed E-state index contributed by atoms with van der Waals surface area (Å²) in [6, 6.07) is 4.53. The molecule has 0 spiro atoms. The molecule has 1 N–H and O–H groups in total. The zero-order valence-corrected chi connectivity index (χ0v) is 14.4. The fraction of sp³-hybridized carbons (Fsp3) is 0.250. The van der Waals surface area contributed by atoms with Gasteiger partial charge in [-0.15, -0.1) is 11.3 Å². The highest BCUT2D eigenvalue weighted by Gasteiger charge is 2.22. The highest BCUT2D eigenvalue weighted by molar-refractivity contribution is 7.14. The van der Waals surface area contributed by atoms with Crippen molar-refractivity contribution in [1.29, 1.82) is 0 Å². The maximum absolute atomic E-state index is 13.8. The van der Waals surface area contributed by atoms with E-state index in [1.165, 1.54) is 37.6 Å². The molecule has 1 aromatic carbocycles. The summed E-state index contributed by atoms with van der Waals surface area (Å²) in [4.78, 5) is 27.9. The fourth-order valence-electron chi connectivity index (χ4n) is 2.29. The van der Waals surface area contributed by atoms with Crippen molar-refractivity contribution < 1.29 is 18.7 Å². The first-order chi connectivity index (χ1) is 12.0. The van der Waals surface area contributed by atoms with E-state index in [9.17, 15) is 14.0 Å². The standard InChI is InChI=1S/C16H15FN4O3S/c1-21-14(22)6-4-11(20-21)15(23)19-16-18-12(8-25-16)9-3-5-13(24-2)10(17)7-9/h3,5,7-8H,4,6H2,1-2H3,(H,18,19,23). The average molecular weight is 362 g/mol. The second-order valence-electron chi connectivity index (χ2n) is 5.31. The molecule has 130 valence electrons. The Labute approximate surface area is 147 Å². The molecule has 0 unspecified atom stereocenters. The molecule has 2 aromatic rings. The molecule has 0 bridgehead atoms. The molecule has 9 heteroatoms. The van der Waals surface area contributed by atoms with Crippen LogP contribution in [0.4, 0.5) is 9.52 Å². The van der Waals surface area contributed by atoms with Crippen LogP contribution in [0.1, 0.15) is 12.8 Å². The topological polar surface area (TPSA) is 83.9 Å². The van der Waals surface area contributed by atoms with Crippen molar-refractivity contribution in [3.63, 3.8) is 0 Å². The molecule has 2 amide bonds. The van der Waals surface area contributed by atoms with Crippen LogP contribution in [0.15, 0.2) is 28.7 Å². The van der Waals surface area contributed by atoms with E-state index >= 15 is 0 Å². The van der Waals surface area contributed by atoms with Crippen LogP contribution in [-0.2, 0) is 9.59 Å². The first-order valence-electron chi connectivity index (χ1n) is 7.42. The zero-order chi connectivity index (χ0) is 18.0. The third kappa shape index (κ3) is 3.66. The highest BCUT2D eigenvalue weighted by Crippen LogP contribution is 2.28. The number of carbonyl (C=O) groups excluding carboxylic acids is 2. The lowest BCUT2D eigenvalue weighted by atomic mass is 10.1. The molecular formula is C16H15FN4O3S. The third-order valence-corrected chi connectivity index (χ3v) is 4.40. The molecular weight excluding hydrogens is 347 g/mol. The van der Waals surface area contributed by atoms with Gasteiger partial charge < -0.3 is 4.74 Å². The van der Waals surface area contributed by atoms with Crippen molar-refractivity contribution in [3.8, 4) is 17.0 Å². The van der Waals surface area contributed by atoms with Gasteiger partial charge >= 0.3 is 0 Å². The first kappa shape index (κ1) is 17.0. The third-order valence-electron chi connectivity index (χ3n) is 3.64. The molecule has 0 saturated carbocycles. The lowest BCUT2D eigenvalue weighted by Gasteiger charge is -2.18. The van der Waals surface area contributed by atoms with Crippen molar-refractivity contribution in [3.05, 3.63) is 29.4 Å². The van der Waals surface area contributed by atoms with Gasteiger partial charge in [-0.2, -0.15) is 5.10 Å². The number of benzene rings is 1. The van der Waals surface area contributed by atoms with Crippen molar-refractivity contribution in [2.75, 3.05) is 19.5 Å². The van der Waals surface area contributed by atoms with E-state index in [1.807, 2.05) is 0 Å². The van der Waals surface area contributed by atoms with Crippen LogP contribution in [-0.4, -0.2) is 41.7 Å². The highest BCUT2D eigenvalue weighted by atomic mass is 32.1. The predicted molar refractivity (Wildman–Crippen MR) is 92.1 cm³/mol. The Bertz CT molecular complexity index is 865.